The van der Waals surface area contributed by atoms with Crippen LogP contribution >= 0.6 is 0 Å². The monoisotopic (exact) mass is 324 g/mol. The number of rotatable bonds is 8. The minimum atomic E-state index is -5.85. The van der Waals surface area contributed by atoms with Crippen LogP contribution in [0.4, 0.5) is 26.3 Å². The molecule has 4 nitrogen and oxygen atoms in total. The Kier molecular flexibility index (Phi) is 6.98. The highest BCUT2D eigenvalue weighted by atomic mass is 19.3. The molecule has 21 heavy (non-hydrogen) atoms. The molecule has 1 unspecified atom stereocenters. The van der Waals surface area contributed by atoms with Gasteiger partial charge < -0.3 is 9.47 Å². The third-order valence-corrected chi connectivity index (χ3v) is 2.52. The fourth-order valence-corrected chi connectivity index (χ4v) is 0.949. The van der Waals surface area contributed by atoms with Crippen molar-refractivity contribution < 1.29 is 45.4 Å². The standard InChI is InChI=1S/C11H14F6O4/c1-3-6(2)7(18)20-4-5-21-9(19)11(16,17)10(14,15)8(12)13/h6,8H,3-5H2,1-2H3. The first kappa shape index (κ1) is 19.5. The molecule has 0 aromatic heterocycles. The van der Waals surface area contributed by atoms with Gasteiger partial charge in [0, 0.05) is 0 Å². The molecule has 0 amide bonds. The van der Waals surface area contributed by atoms with E-state index in [0.29, 0.717) is 6.42 Å². The van der Waals surface area contributed by atoms with Gasteiger partial charge in [0.2, 0.25) is 0 Å². The summed E-state index contributed by atoms with van der Waals surface area (Å²) in [7, 11) is 0. The molecule has 0 radical (unpaired) electrons. The van der Waals surface area contributed by atoms with Crippen LogP contribution in [0.2, 0.25) is 0 Å². The molecule has 124 valence electrons. The fraction of sp³-hybridized carbons (Fsp3) is 0.818. The molecule has 0 fully saturated rings. The van der Waals surface area contributed by atoms with Crippen molar-refractivity contribution in [2.75, 3.05) is 13.2 Å². The van der Waals surface area contributed by atoms with Gasteiger partial charge >= 0.3 is 30.2 Å². The third-order valence-electron chi connectivity index (χ3n) is 2.52. The zero-order valence-electron chi connectivity index (χ0n) is 11.2. The first-order valence-electron chi connectivity index (χ1n) is 5.86. The van der Waals surface area contributed by atoms with E-state index in [1.165, 1.54) is 6.92 Å². The molecule has 0 aromatic rings. The van der Waals surface area contributed by atoms with Crippen molar-refractivity contribution in [1.29, 1.82) is 0 Å². The lowest BCUT2D eigenvalue weighted by Gasteiger charge is -2.23. The Bertz CT molecular complexity index is 372. The van der Waals surface area contributed by atoms with Crippen LogP contribution in [0.15, 0.2) is 0 Å². The van der Waals surface area contributed by atoms with Crippen molar-refractivity contribution >= 4 is 11.9 Å². The maximum atomic E-state index is 12.8. The van der Waals surface area contributed by atoms with Gasteiger partial charge in [-0.15, -0.1) is 0 Å². The van der Waals surface area contributed by atoms with Gasteiger partial charge in [0.25, 0.3) is 0 Å². The van der Waals surface area contributed by atoms with E-state index in [-0.39, 0.29) is 0 Å². The molecule has 0 aliphatic rings. The predicted molar refractivity (Wildman–Crippen MR) is 57.3 cm³/mol. The second kappa shape index (κ2) is 7.51. The Morgan fingerprint density at radius 2 is 1.52 bits per heavy atom. The highest BCUT2D eigenvalue weighted by Crippen LogP contribution is 2.39. The number of carbonyl (C=O) groups excluding carboxylic acids is 2. The lowest BCUT2D eigenvalue weighted by Crippen LogP contribution is -2.52. The highest BCUT2D eigenvalue weighted by Gasteiger charge is 2.68. The minimum Gasteiger partial charge on any atom is -0.462 e. The SMILES string of the molecule is CCC(C)C(=O)OCCOC(=O)C(F)(F)C(F)(F)C(F)F. The van der Waals surface area contributed by atoms with Crippen LogP contribution in [0.25, 0.3) is 0 Å². The molecule has 0 bridgehead atoms. The lowest BCUT2D eigenvalue weighted by atomic mass is 10.1. The van der Waals surface area contributed by atoms with Crippen LogP contribution in [-0.4, -0.2) is 43.4 Å². The summed E-state index contributed by atoms with van der Waals surface area (Å²) < 4.78 is 82.3. The van der Waals surface area contributed by atoms with E-state index < -0.39 is 49.3 Å². The summed E-state index contributed by atoms with van der Waals surface area (Å²) in [6, 6.07) is 0. The number of halogens is 6. The second-order valence-electron chi connectivity index (χ2n) is 4.11. The summed E-state index contributed by atoms with van der Waals surface area (Å²) in [5.41, 5.74) is 0. The Labute approximate surface area is 116 Å². The van der Waals surface area contributed by atoms with Crippen LogP contribution in [0.1, 0.15) is 20.3 Å². The van der Waals surface area contributed by atoms with E-state index in [2.05, 4.69) is 9.47 Å². The number of hydrogen-bond donors (Lipinski definition) is 0. The maximum Gasteiger partial charge on any atom is 0.410 e. The van der Waals surface area contributed by atoms with Crippen LogP contribution in [0.3, 0.4) is 0 Å². The van der Waals surface area contributed by atoms with Crippen molar-refractivity contribution in [2.45, 2.75) is 38.5 Å². The summed E-state index contributed by atoms with van der Waals surface area (Å²) >= 11 is 0. The molecule has 0 N–H and O–H groups in total. The third kappa shape index (κ3) is 4.78. The van der Waals surface area contributed by atoms with Crippen LogP contribution in [-0.2, 0) is 19.1 Å². The molecule has 10 heteroatoms. The molecule has 0 heterocycles. The zero-order valence-corrected chi connectivity index (χ0v) is 11.2. The van der Waals surface area contributed by atoms with Crippen LogP contribution in [0.5, 0.6) is 0 Å². The first-order valence-corrected chi connectivity index (χ1v) is 5.86. The Hall–Kier alpha value is -1.48. The number of ether oxygens (including phenoxy) is 2. The van der Waals surface area contributed by atoms with Gasteiger partial charge in [-0.1, -0.05) is 13.8 Å². The molecule has 0 saturated carbocycles. The van der Waals surface area contributed by atoms with E-state index >= 15 is 0 Å². The first-order chi connectivity index (χ1) is 9.48. The van der Waals surface area contributed by atoms with E-state index in [0.717, 1.165) is 0 Å². The quantitative estimate of drug-likeness (QED) is 0.391. The van der Waals surface area contributed by atoms with E-state index in [4.69, 9.17) is 0 Å². The Balaban J connectivity index is 4.36. The number of esters is 2. The smallest absolute Gasteiger partial charge is 0.410 e. The fourth-order valence-electron chi connectivity index (χ4n) is 0.949. The summed E-state index contributed by atoms with van der Waals surface area (Å²) in [6.45, 7) is 1.60. The number of hydrogen-bond acceptors (Lipinski definition) is 4. The van der Waals surface area contributed by atoms with E-state index in [1.807, 2.05) is 0 Å². The average molecular weight is 324 g/mol. The number of alkyl halides is 6. The molecule has 0 spiro atoms. The summed E-state index contributed by atoms with van der Waals surface area (Å²) in [4.78, 5) is 21.9. The normalized spacial score (nSPS) is 14.0. The molecule has 1 atom stereocenters. The van der Waals surface area contributed by atoms with Gasteiger partial charge in [0.15, 0.2) is 0 Å². The topological polar surface area (TPSA) is 52.6 Å². The summed E-state index contributed by atoms with van der Waals surface area (Å²) in [5, 5.41) is 0. The van der Waals surface area contributed by atoms with Gasteiger partial charge in [-0.25, -0.2) is 13.6 Å². The van der Waals surface area contributed by atoms with Crippen molar-refractivity contribution in [3.8, 4) is 0 Å². The van der Waals surface area contributed by atoms with Crippen LogP contribution < -0.4 is 0 Å². The van der Waals surface area contributed by atoms with Gasteiger partial charge in [-0.2, -0.15) is 17.6 Å². The summed E-state index contributed by atoms with van der Waals surface area (Å²) in [6.07, 6.45) is -4.29. The molecule has 0 aliphatic carbocycles. The minimum absolute atomic E-state index is 0.442. The van der Waals surface area contributed by atoms with Crippen molar-refractivity contribution in [3.05, 3.63) is 0 Å². The largest absolute Gasteiger partial charge is 0.462 e. The van der Waals surface area contributed by atoms with Gasteiger partial charge in [-0.05, 0) is 6.42 Å². The molecule has 0 aliphatic heterocycles. The lowest BCUT2D eigenvalue weighted by molar-refractivity contribution is -0.266. The predicted octanol–water partition coefficient (Wildman–Crippen LogP) is 2.65. The Morgan fingerprint density at radius 3 is 1.95 bits per heavy atom. The molecule has 0 saturated heterocycles. The van der Waals surface area contributed by atoms with Crippen molar-refractivity contribution in [2.24, 2.45) is 5.92 Å². The molecular formula is C11H14F6O4. The average Bonchev–Trinajstić information content (AvgIpc) is 2.41. The van der Waals surface area contributed by atoms with Gasteiger partial charge in [-0.3, -0.25) is 4.79 Å². The molecular weight excluding hydrogens is 310 g/mol. The van der Waals surface area contributed by atoms with Crippen molar-refractivity contribution in [3.63, 3.8) is 0 Å². The summed E-state index contributed by atoms with van der Waals surface area (Å²) in [5.74, 6) is -15.5. The van der Waals surface area contributed by atoms with E-state index in [1.54, 1.807) is 6.92 Å². The van der Waals surface area contributed by atoms with Gasteiger partial charge in [0.1, 0.15) is 13.2 Å². The van der Waals surface area contributed by atoms with Crippen molar-refractivity contribution in [1.82, 2.24) is 0 Å². The Morgan fingerprint density at radius 1 is 1.05 bits per heavy atom. The zero-order chi connectivity index (χ0) is 16.8. The van der Waals surface area contributed by atoms with Crippen LogP contribution in [0, 0.1) is 5.92 Å². The van der Waals surface area contributed by atoms with E-state index in [9.17, 15) is 35.9 Å². The number of carbonyl (C=O) groups is 2. The second-order valence-corrected chi connectivity index (χ2v) is 4.11. The maximum absolute atomic E-state index is 12.8. The molecule has 0 rings (SSSR count). The highest BCUT2D eigenvalue weighted by molar-refractivity contribution is 5.79. The molecule has 0 aromatic carbocycles. The van der Waals surface area contributed by atoms with Gasteiger partial charge in [0.05, 0.1) is 5.92 Å².